The van der Waals surface area contributed by atoms with Crippen LogP contribution in [0.4, 0.5) is 0 Å². The average Bonchev–Trinajstić information content (AvgIpc) is 3.06. The largest absolute Gasteiger partial charge is 0.354 e. The summed E-state index contributed by atoms with van der Waals surface area (Å²) in [6, 6.07) is 3.74. The molecule has 0 spiro atoms. The van der Waals surface area contributed by atoms with Crippen LogP contribution in [0.1, 0.15) is 23.3 Å². The van der Waals surface area contributed by atoms with E-state index in [2.05, 4.69) is 5.32 Å². The van der Waals surface area contributed by atoms with Gasteiger partial charge in [-0.1, -0.05) is 0 Å². The Kier molecular flexibility index (Phi) is 4.38. The van der Waals surface area contributed by atoms with Crippen molar-refractivity contribution in [1.82, 2.24) is 9.88 Å². The van der Waals surface area contributed by atoms with Gasteiger partial charge in [-0.25, -0.2) is 0 Å². The van der Waals surface area contributed by atoms with Crippen LogP contribution in [0, 0.1) is 5.92 Å². The Morgan fingerprint density at radius 1 is 1.50 bits per heavy atom. The van der Waals surface area contributed by atoms with Crippen LogP contribution in [0.2, 0.25) is 0 Å². The van der Waals surface area contributed by atoms with Gasteiger partial charge < -0.3 is 19.4 Å². The molecular weight excluding hydrogens is 232 g/mol. The van der Waals surface area contributed by atoms with E-state index >= 15 is 0 Å². The summed E-state index contributed by atoms with van der Waals surface area (Å²) in [5, 5.41) is 2.81. The van der Waals surface area contributed by atoms with Gasteiger partial charge in [0.25, 0.3) is 5.91 Å². The number of carbonyl (C=O) groups excluding carboxylic acids is 1. The van der Waals surface area contributed by atoms with Gasteiger partial charge in [-0.05, 0) is 30.9 Å². The molecule has 5 heteroatoms. The lowest BCUT2D eigenvalue weighted by Gasteiger charge is -2.14. The second kappa shape index (κ2) is 6.02. The fourth-order valence-electron chi connectivity index (χ4n) is 1.89. The van der Waals surface area contributed by atoms with Crippen LogP contribution in [0.25, 0.3) is 0 Å². The van der Waals surface area contributed by atoms with Crippen LogP contribution in [-0.4, -0.2) is 37.5 Å². The van der Waals surface area contributed by atoms with Crippen LogP contribution >= 0.6 is 0 Å². The van der Waals surface area contributed by atoms with Crippen LogP contribution in [0.5, 0.6) is 0 Å². The van der Waals surface area contributed by atoms with Gasteiger partial charge in [0.1, 0.15) is 5.69 Å². The van der Waals surface area contributed by atoms with E-state index < -0.39 is 6.29 Å². The number of nitrogens with zero attached hydrogens (tertiary/aromatic N) is 1. The molecule has 18 heavy (non-hydrogen) atoms. The highest BCUT2D eigenvalue weighted by Crippen LogP contribution is 2.31. The lowest BCUT2D eigenvalue weighted by Crippen LogP contribution is -2.35. The molecule has 0 atom stereocenters. The van der Waals surface area contributed by atoms with Crippen molar-refractivity contribution in [3.63, 3.8) is 0 Å². The number of rotatable bonds is 7. The molecule has 1 aromatic rings. The number of methoxy groups -OCH3 is 2. The summed E-state index contributed by atoms with van der Waals surface area (Å²) < 4.78 is 12.1. The summed E-state index contributed by atoms with van der Waals surface area (Å²) in [5.74, 6) is 0.661. The van der Waals surface area contributed by atoms with Crippen LogP contribution in [0.15, 0.2) is 18.3 Å². The molecule has 0 bridgehead atoms. The molecule has 100 valence electrons. The van der Waals surface area contributed by atoms with Crippen LogP contribution in [-0.2, 0) is 16.0 Å². The van der Waals surface area contributed by atoms with Crippen molar-refractivity contribution in [2.45, 2.75) is 25.7 Å². The molecule has 1 N–H and O–H groups in total. The minimum atomic E-state index is -0.402. The first-order valence-electron chi connectivity index (χ1n) is 6.23. The van der Waals surface area contributed by atoms with Crippen molar-refractivity contribution in [2.75, 3.05) is 20.8 Å². The van der Waals surface area contributed by atoms with Crippen molar-refractivity contribution in [2.24, 2.45) is 5.92 Å². The minimum Gasteiger partial charge on any atom is -0.354 e. The molecule has 1 heterocycles. The molecule has 0 radical (unpaired) electrons. The Balaban J connectivity index is 1.89. The third-order valence-electron chi connectivity index (χ3n) is 3.17. The number of amides is 1. The van der Waals surface area contributed by atoms with Crippen molar-refractivity contribution < 1.29 is 14.3 Å². The lowest BCUT2D eigenvalue weighted by molar-refractivity contribution is -0.0974. The molecule has 5 nitrogen and oxygen atoms in total. The zero-order valence-electron chi connectivity index (χ0n) is 10.9. The van der Waals surface area contributed by atoms with Crippen LogP contribution < -0.4 is 5.32 Å². The van der Waals surface area contributed by atoms with Gasteiger partial charge in [-0.3, -0.25) is 4.79 Å². The van der Waals surface area contributed by atoms with Gasteiger partial charge in [0, 0.05) is 27.0 Å². The number of carbonyl (C=O) groups is 1. The zero-order valence-corrected chi connectivity index (χ0v) is 10.9. The quantitative estimate of drug-likeness (QED) is 0.743. The molecule has 0 aromatic carbocycles. The topological polar surface area (TPSA) is 52.5 Å². The van der Waals surface area contributed by atoms with E-state index in [0.717, 1.165) is 12.5 Å². The van der Waals surface area contributed by atoms with E-state index in [1.807, 2.05) is 22.9 Å². The Morgan fingerprint density at radius 3 is 2.83 bits per heavy atom. The number of ether oxygens (including phenoxy) is 2. The molecule has 1 fully saturated rings. The Hall–Kier alpha value is -1.33. The number of hydrogen-bond donors (Lipinski definition) is 1. The highest BCUT2D eigenvalue weighted by atomic mass is 16.7. The molecule has 1 aromatic heterocycles. The van der Waals surface area contributed by atoms with Crippen molar-refractivity contribution in [1.29, 1.82) is 0 Å². The second-order valence-corrected chi connectivity index (χ2v) is 4.60. The third kappa shape index (κ3) is 3.34. The zero-order chi connectivity index (χ0) is 13.0. The fraction of sp³-hybridized carbons (Fsp3) is 0.615. The minimum absolute atomic E-state index is 0.0836. The van der Waals surface area contributed by atoms with E-state index in [9.17, 15) is 4.79 Å². The van der Waals surface area contributed by atoms with Crippen molar-refractivity contribution >= 4 is 5.91 Å². The van der Waals surface area contributed by atoms with E-state index in [0.29, 0.717) is 12.2 Å². The first kappa shape index (κ1) is 13.1. The summed E-state index contributed by atoms with van der Waals surface area (Å²) in [4.78, 5) is 12.0. The smallest absolute Gasteiger partial charge is 0.268 e. The summed E-state index contributed by atoms with van der Waals surface area (Å²) in [7, 11) is 3.10. The van der Waals surface area contributed by atoms with Gasteiger partial charge in [0.2, 0.25) is 0 Å². The molecular formula is C13H20N2O3. The molecule has 0 saturated heterocycles. The molecule has 0 unspecified atom stereocenters. The van der Waals surface area contributed by atoms with E-state index in [1.165, 1.54) is 12.8 Å². The number of hydrogen-bond acceptors (Lipinski definition) is 3. The summed E-state index contributed by atoms with van der Waals surface area (Å²) in [5.41, 5.74) is 0.702. The highest BCUT2D eigenvalue weighted by Gasteiger charge is 2.23. The fourth-order valence-corrected chi connectivity index (χ4v) is 1.89. The molecule has 0 aliphatic heterocycles. The van der Waals surface area contributed by atoms with Gasteiger partial charge in [-0.2, -0.15) is 0 Å². The molecule has 1 saturated carbocycles. The first-order valence-corrected chi connectivity index (χ1v) is 6.23. The van der Waals surface area contributed by atoms with E-state index in [4.69, 9.17) is 9.47 Å². The monoisotopic (exact) mass is 252 g/mol. The molecule has 1 aliphatic carbocycles. The molecule has 1 amide bonds. The third-order valence-corrected chi connectivity index (χ3v) is 3.17. The van der Waals surface area contributed by atoms with Gasteiger partial charge in [0.05, 0.1) is 6.54 Å². The van der Waals surface area contributed by atoms with Gasteiger partial charge in [0.15, 0.2) is 6.29 Å². The molecule has 2 rings (SSSR count). The maximum atomic E-state index is 12.0. The van der Waals surface area contributed by atoms with E-state index in [1.54, 1.807) is 14.2 Å². The lowest BCUT2D eigenvalue weighted by atomic mass is 10.3. The summed E-state index contributed by atoms with van der Waals surface area (Å²) >= 11 is 0. The summed E-state index contributed by atoms with van der Waals surface area (Å²) in [6.07, 6.45) is 4.10. The second-order valence-electron chi connectivity index (χ2n) is 4.60. The maximum Gasteiger partial charge on any atom is 0.268 e. The number of nitrogens with one attached hydrogen (secondary N) is 1. The SMILES string of the molecule is COC(CNC(=O)c1cccn1CC1CC1)OC. The standard InChI is InChI=1S/C13H20N2O3/c1-17-12(18-2)8-14-13(16)11-4-3-7-15(11)9-10-5-6-10/h3-4,7,10,12H,5-6,8-9H2,1-2H3,(H,14,16). The van der Waals surface area contributed by atoms with Crippen LogP contribution in [0.3, 0.4) is 0 Å². The van der Waals surface area contributed by atoms with Crippen molar-refractivity contribution in [3.8, 4) is 0 Å². The maximum absolute atomic E-state index is 12.0. The first-order chi connectivity index (χ1) is 8.74. The van der Waals surface area contributed by atoms with Gasteiger partial charge >= 0.3 is 0 Å². The van der Waals surface area contributed by atoms with Crippen molar-refractivity contribution in [3.05, 3.63) is 24.0 Å². The highest BCUT2D eigenvalue weighted by molar-refractivity contribution is 5.92. The Labute approximate surface area is 107 Å². The van der Waals surface area contributed by atoms with Gasteiger partial charge in [-0.15, -0.1) is 0 Å². The number of aromatic nitrogens is 1. The van der Waals surface area contributed by atoms with E-state index in [-0.39, 0.29) is 5.91 Å². The normalized spacial score (nSPS) is 15.1. The Morgan fingerprint density at radius 2 is 2.22 bits per heavy atom. The molecule has 1 aliphatic rings. The predicted octanol–water partition coefficient (Wildman–Crippen LogP) is 1.25. The average molecular weight is 252 g/mol. The Bertz CT molecular complexity index is 395. The predicted molar refractivity (Wildman–Crippen MR) is 67.3 cm³/mol. The summed E-state index contributed by atoms with van der Waals surface area (Å²) in [6.45, 7) is 1.29.